The quantitative estimate of drug-likeness (QED) is 0.0583. The lowest BCUT2D eigenvalue weighted by Gasteiger charge is -2.37. The van der Waals surface area contributed by atoms with Gasteiger partial charge in [-0.2, -0.15) is 0 Å². The number of fused-ring (bicyclic) bond motifs is 8. The average molecular weight is 1160 g/mol. The van der Waals surface area contributed by atoms with Crippen LogP contribution >= 0.6 is 0 Å². The van der Waals surface area contributed by atoms with E-state index in [9.17, 15) is 0 Å². The van der Waals surface area contributed by atoms with Gasteiger partial charge in [-0.15, -0.1) is 0 Å². The first kappa shape index (κ1) is 58.9. The Kier molecular flexibility index (Phi) is 17.7. The molecule has 448 valence electrons. The van der Waals surface area contributed by atoms with Gasteiger partial charge in [-0.1, -0.05) is 100 Å². The number of quaternary nitrogens is 3. The first-order valence-corrected chi connectivity index (χ1v) is 32.4. The van der Waals surface area contributed by atoms with E-state index in [1.165, 1.54) is 44.9 Å². The van der Waals surface area contributed by atoms with Crippen LogP contribution in [-0.4, -0.2) is 140 Å². The van der Waals surface area contributed by atoms with Crippen molar-refractivity contribution < 1.29 is 32.4 Å². The fraction of sp³-hybridized carbons (Fsp3) is 0.413. The van der Waals surface area contributed by atoms with Gasteiger partial charge in [0.1, 0.15) is 41.3 Å². The summed E-state index contributed by atoms with van der Waals surface area (Å²) in [6.07, 6.45) is 25.7. The van der Waals surface area contributed by atoms with Gasteiger partial charge in [0.2, 0.25) is 0 Å². The average Bonchev–Trinajstić information content (AvgIpc) is 2.89. The third-order valence-corrected chi connectivity index (χ3v) is 18.8. The molecule has 5 aliphatic rings. The Labute approximate surface area is 511 Å². The Bertz CT molecular complexity index is 3600. The maximum Gasteiger partial charge on any atom is 0.119 e. The van der Waals surface area contributed by atoms with Crippen LogP contribution in [0.15, 0.2) is 121 Å². The predicted octanol–water partition coefficient (Wildman–Crippen LogP) is 16.7. The van der Waals surface area contributed by atoms with Gasteiger partial charge in [0.25, 0.3) is 0 Å². The molecule has 8 bridgehead atoms. The highest BCUT2D eigenvalue weighted by Gasteiger charge is 2.30. The zero-order chi connectivity index (χ0) is 59.3. The second kappa shape index (κ2) is 25.9. The third kappa shape index (κ3) is 14.2. The number of hydrogen-bond acceptors (Lipinski definition) is 6. The molecule has 0 atom stereocenters. The summed E-state index contributed by atoms with van der Waals surface area (Å²) in [5.41, 5.74) is 15.4. The molecule has 0 aliphatic carbocycles. The molecule has 0 unspecified atom stereocenters. The minimum atomic E-state index is 0.205. The second-order valence-corrected chi connectivity index (χ2v) is 27.0. The van der Waals surface area contributed by atoms with Crippen LogP contribution in [0.5, 0.6) is 23.0 Å². The van der Waals surface area contributed by atoms with E-state index in [1.54, 1.807) is 0 Å². The Morgan fingerprint density at radius 3 is 0.907 bits per heavy atom. The van der Waals surface area contributed by atoms with Crippen molar-refractivity contribution >= 4 is 46.4 Å². The summed E-state index contributed by atoms with van der Waals surface area (Å²) in [5.74, 6) is 3.55. The molecule has 3 aromatic heterocycles. The van der Waals surface area contributed by atoms with Crippen molar-refractivity contribution in [3.05, 3.63) is 144 Å². The number of unbranched alkanes of at least 4 members (excludes halogenated alkanes) is 7. The topological polar surface area (TPSA) is 94.3 Å². The van der Waals surface area contributed by atoms with Gasteiger partial charge >= 0.3 is 0 Å². The fourth-order valence-corrected chi connectivity index (χ4v) is 13.3. The number of hydrogen-bond donors (Lipinski definition) is 2. The standard InChI is InChI=1S/C75H92N7O4/c1-8-9-10-11-12-13-14-15-52-83-57-24-16-53(17-25-57)72-64-32-34-66(76-64)73(54-18-26-58(27-19-54)84-61-40-46-80(2,3)47-41-61)68-36-38-70(78-68)75(56-22-30-60(31-23-56)86-63-44-50-82(6,7)51-45-63)71-39-37-69(79-71)74(67-35-33-65(72)77-67)55-20-28-59(29-21-55)85-62-42-48-81(4,5)49-43-62/h16-39,61-63,76,79H,8-15,40-52H2,1-7H3/q+3. The van der Waals surface area contributed by atoms with Crippen LogP contribution in [0.4, 0.5) is 0 Å². The van der Waals surface area contributed by atoms with E-state index >= 15 is 0 Å². The molecule has 0 radical (unpaired) electrons. The lowest BCUT2D eigenvalue weighted by Crippen LogP contribution is -2.48. The monoisotopic (exact) mass is 1150 g/mol. The molecule has 86 heavy (non-hydrogen) atoms. The van der Waals surface area contributed by atoms with E-state index < -0.39 is 0 Å². The summed E-state index contributed by atoms with van der Waals surface area (Å²) in [7, 11) is 13.9. The summed E-state index contributed by atoms with van der Waals surface area (Å²) < 4.78 is 29.5. The van der Waals surface area contributed by atoms with Crippen molar-refractivity contribution in [1.82, 2.24) is 19.9 Å². The van der Waals surface area contributed by atoms with Crippen LogP contribution in [-0.2, 0) is 0 Å². The van der Waals surface area contributed by atoms with Crippen molar-refractivity contribution in [1.29, 1.82) is 0 Å². The van der Waals surface area contributed by atoms with Crippen molar-refractivity contribution in [2.75, 3.05) is 88.2 Å². The molecule has 3 fully saturated rings. The second-order valence-electron chi connectivity index (χ2n) is 27.0. The van der Waals surface area contributed by atoms with Crippen LogP contribution in [0.25, 0.3) is 90.9 Å². The highest BCUT2D eigenvalue weighted by atomic mass is 16.5. The van der Waals surface area contributed by atoms with Gasteiger partial charge in [0, 0.05) is 82.8 Å². The molecule has 4 aromatic carbocycles. The number of ether oxygens (including phenoxy) is 4. The van der Waals surface area contributed by atoms with Crippen LogP contribution in [0.3, 0.4) is 0 Å². The molecule has 2 N–H and O–H groups in total. The SMILES string of the molecule is CCCCCCCCCCOc1ccc(-c2c3nc(c(-c4ccc(OC5CC[N+](C)(C)CC5)cc4)c4ccc([nH]4)c(-c4ccc(OC5CC[N+](C)(C)CC5)cc4)c4nc(c(-c5ccc(OC6CC[N+](C)(C)CC6)cc5)c5ccc2[nH]5)C=C4)C=C3)cc1. The van der Waals surface area contributed by atoms with Crippen LogP contribution in [0, 0.1) is 0 Å². The lowest BCUT2D eigenvalue weighted by atomic mass is 10.0. The van der Waals surface area contributed by atoms with Crippen LogP contribution in [0.1, 0.15) is 120 Å². The van der Waals surface area contributed by atoms with Crippen LogP contribution in [0.2, 0.25) is 0 Å². The summed E-state index contributed by atoms with van der Waals surface area (Å²) in [6, 6.07) is 43.4. The molecular formula is C75H92N7O4+3. The molecule has 0 spiro atoms. The number of H-pyrrole nitrogens is 2. The number of aromatic nitrogens is 4. The van der Waals surface area contributed by atoms with Crippen LogP contribution < -0.4 is 18.9 Å². The first-order chi connectivity index (χ1) is 41.7. The smallest absolute Gasteiger partial charge is 0.119 e. The van der Waals surface area contributed by atoms with E-state index in [0.717, 1.165) is 210 Å². The van der Waals surface area contributed by atoms with Gasteiger partial charge in [-0.3, -0.25) is 0 Å². The molecular weight excluding hydrogens is 1060 g/mol. The summed E-state index contributed by atoms with van der Waals surface area (Å²) in [4.78, 5) is 19.2. The van der Waals surface area contributed by atoms with E-state index in [0.29, 0.717) is 6.61 Å². The maximum absolute atomic E-state index is 6.67. The van der Waals surface area contributed by atoms with Gasteiger partial charge in [0.05, 0.1) is 111 Å². The van der Waals surface area contributed by atoms with Crippen molar-refractivity contribution in [2.24, 2.45) is 0 Å². The Balaban J connectivity index is 0.986. The lowest BCUT2D eigenvalue weighted by molar-refractivity contribution is -0.895. The molecule has 11 nitrogen and oxygen atoms in total. The summed E-state index contributed by atoms with van der Waals surface area (Å²) in [5, 5.41) is 0. The maximum atomic E-state index is 6.67. The number of piperidine rings is 3. The van der Waals surface area contributed by atoms with Crippen molar-refractivity contribution in [2.45, 2.75) is 115 Å². The number of rotatable bonds is 20. The van der Waals surface area contributed by atoms with E-state index in [1.807, 2.05) is 0 Å². The number of likely N-dealkylation sites (tertiary alicyclic amines) is 3. The Hall–Kier alpha value is -7.44. The molecule has 12 rings (SSSR count). The largest absolute Gasteiger partial charge is 0.494 e. The van der Waals surface area contributed by atoms with E-state index in [4.69, 9.17) is 28.9 Å². The normalized spacial score (nSPS) is 17.6. The molecule has 3 saturated heterocycles. The van der Waals surface area contributed by atoms with Crippen molar-refractivity contribution in [3.8, 4) is 67.5 Å². The molecule has 8 heterocycles. The number of aromatic amines is 2. The van der Waals surface area contributed by atoms with Crippen molar-refractivity contribution in [3.63, 3.8) is 0 Å². The highest BCUT2D eigenvalue weighted by molar-refractivity contribution is 6.00. The van der Waals surface area contributed by atoms with Gasteiger partial charge in [0.15, 0.2) is 0 Å². The number of nitrogens with zero attached hydrogens (tertiary/aromatic N) is 5. The molecule has 0 saturated carbocycles. The Morgan fingerprint density at radius 1 is 0.349 bits per heavy atom. The molecule has 5 aliphatic heterocycles. The highest BCUT2D eigenvalue weighted by Crippen LogP contribution is 2.40. The summed E-state index contributed by atoms with van der Waals surface area (Å²) >= 11 is 0. The molecule has 7 aromatic rings. The fourth-order valence-electron chi connectivity index (χ4n) is 13.3. The third-order valence-electron chi connectivity index (χ3n) is 18.8. The predicted molar refractivity (Wildman–Crippen MR) is 355 cm³/mol. The number of benzene rings is 4. The zero-order valence-electron chi connectivity index (χ0n) is 52.3. The minimum absolute atomic E-state index is 0.205. The first-order valence-electron chi connectivity index (χ1n) is 32.4. The summed E-state index contributed by atoms with van der Waals surface area (Å²) in [6.45, 7) is 9.66. The van der Waals surface area contributed by atoms with Gasteiger partial charge in [-0.05, 0) is 126 Å². The zero-order valence-corrected chi connectivity index (χ0v) is 52.3. The Morgan fingerprint density at radius 2 is 0.616 bits per heavy atom. The molecule has 11 heteroatoms. The number of nitrogens with one attached hydrogen (secondary N) is 2. The van der Waals surface area contributed by atoms with E-state index in [2.05, 4.69) is 205 Å². The van der Waals surface area contributed by atoms with Gasteiger partial charge in [-0.25, -0.2) is 9.97 Å². The molecule has 0 amide bonds. The minimum Gasteiger partial charge on any atom is -0.494 e. The van der Waals surface area contributed by atoms with Gasteiger partial charge < -0.3 is 42.4 Å². The van der Waals surface area contributed by atoms with E-state index in [-0.39, 0.29) is 18.3 Å².